The molecule has 2 aromatic rings. The van der Waals surface area contributed by atoms with E-state index in [0.717, 1.165) is 12.0 Å². The fourth-order valence-electron chi connectivity index (χ4n) is 3.52. The third kappa shape index (κ3) is 9.64. The van der Waals surface area contributed by atoms with Gasteiger partial charge in [-0.15, -0.1) is 0 Å². The maximum absolute atomic E-state index is 12.9. The summed E-state index contributed by atoms with van der Waals surface area (Å²) in [5, 5.41) is 12.2. The Morgan fingerprint density at radius 2 is 2.00 bits per heavy atom. The molecule has 0 bridgehead atoms. The summed E-state index contributed by atoms with van der Waals surface area (Å²) >= 11 is 0.518. The molecule has 0 saturated heterocycles. The van der Waals surface area contributed by atoms with E-state index in [1.807, 2.05) is 41.5 Å². The number of rotatable bonds is 16. The number of imidazole rings is 1. The van der Waals surface area contributed by atoms with Crippen molar-refractivity contribution >= 4 is 44.0 Å². The summed E-state index contributed by atoms with van der Waals surface area (Å²) < 4.78 is 0.246. The van der Waals surface area contributed by atoms with E-state index in [9.17, 15) is 19.5 Å². The first-order valence-electron chi connectivity index (χ1n) is 11.4. The van der Waals surface area contributed by atoms with E-state index in [-0.39, 0.29) is 21.7 Å². The molecular weight excluding hydrogens is 515 g/mol. The van der Waals surface area contributed by atoms with E-state index >= 15 is 0 Å². The van der Waals surface area contributed by atoms with Crippen LogP contribution >= 0.6 is 11.8 Å². The molecule has 0 saturated carbocycles. The molecule has 1 amide bonds. The molecule has 0 radical (unpaired) electrons. The van der Waals surface area contributed by atoms with Gasteiger partial charge in [-0.05, 0) is 0 Å². The van der Waals surface area contributed by atoms with Gasteiger partial charge in [0.15, 0.2) is 0 Å². The van der Waals surface area contributed by atoms with Gasteiger partial charge < -0.3 is 0 Å². The number of nitrogens with one attached hydrogen (secondary N) is 2. The van der Waals surface area contributed by atoms with E-state index in [4.69, 9.17) is 0 Å². The molecule has 1 aromatic heterocycles. The van der Waals surface area contributed by atoms with Gasteiger partial charge in [0.2, 0.25) is 0 Å². The minimum absolute atomic E-state index is 0.0770. The first-order chi connectivity index (χ1) is 16.3. The molecule has 0 aliphatic rings. The van der Waals surface area contributed by atoms with Gasteiger partial charge in [0.25, 0.3) is 0 Å². The van der Waals surface area contributed by atoms with E-state index in [2.05, 4.69) is 29.1 Å². The van der Waals surface area contributed by atoms with Crippen molar-refractivity contribution in [3.8, 4) is 0 Å². The number of carbonyl (C=O) groups is 3. The topological polar surface area (TPSA) is 115 Å². The van der Waals surface area contributed by atoms with Gasteiger partial charge in [0, 0.05) is 0 Å². The summed E-state index contributed by atoms with van der Waals surface area (Å²) in [6, 6.07) is 8.97. The maximum atomic E-state index is 12.9. The molecule has 186 valence electrons. The molecular formula is C24H35AsN4O4S. The van der Waals surface area contributed by atoms with Crippen molar-refractivity contribution in [3.63, 3.8) is 0 Å². The quantitative estimate of drug-likeness (QED) is 0.275. The van der Waals surface area contributed by atoms with Crippen LogP contribution in [0.25, 0.3) is 0 Å². The van der Waals surface area contributed by atoms with Gasteiger partial charge in [-0.2, -0.15) is 0 Å². The Morgan fingerprint density at radius 1 is 1.26 bits per heavy atom. The van der Waals surface area contributed by atoms with E-state index in [1.54, 1.807) is 18.0 Å². The fourth-order valence-corrected chi connectivity index (χ4v) is 7.12. The summed E-state index contributed by atoms with van der Waals surface area (Å²) in [5.41, 5.74) is 1.53. The molecule has 3 N–H and O–H groups in total. The molecule has 1 heterocycles. The molecule has 8 nitrogen and oxygen atoms in total. The number of aliphatic carboxylic acids is 1. The van der Waals surface area contributed by atoms with Crippen LogP contribution in [0.2, 0.25) is 4.71 Å². The summed E-state index contributed by atoms with van der Waals surface area (Å²) in [6.07, 6.45) is 6.37. The molecule has 0 aliphatic carbocycles. The van der Waals surface area contributed by atoms with Gasteiger partial charge in [-0.1, -0.05) is 0 Å². The zero-order valence-corrected chi connectivity index (χ0v) is 22.9. The molecule has 1 aromatic carbocycles. The second kappa shape index (κ2) is 15.0. The molecule has 1 unspecified atom stereocenters. The Kier molecular flexibility index (Phi) is 12.4. The predicted molar refractivity (Wildman–Crippen MR) is 138 cm³/mol. The van der Waals surface area contributed by atoms with E-state index < -0.39 is 27.8 Å². The van der Waals surface area contributed by atoms with Gasteiger partial charge in [0.1, 0.15) is 0 Å². The number of nitrogens with zero attached hydrogens (tertiary/aromatic N) is 2. The molecule has 10 heteroatoms. The van der Waals surface area contributed by atoms with E-state index in [0.29, 0.717) is 36.9 Å². The van der Waals surface area contributed by atoms with Crippen LogP contribution in [0.15, 0.2) is 42.9 Å². The summed E-state index contributed by atoms with van der Waals surface area (Å²) in [6.45, 7) is 5.48. The zero-order valence-electron chi connectivity index (χ0n) is 20.0. The van der Waals surface area contributed by atoms with Crippen molar-refractivity contribution in [3.05, 3.63) is 54.1 Å². The Labute approximate surface area is 212 Å². The average Bonchev–Trinajstić information content (AvgIpc) is 3.36. The second-order valence-corrected chi connectivity index (χ2v) is 12.4. The first kappa shape index (κ1) is 28.1. The number of H-pyrrole nitrogens is 1. The Morgan fingerprint density at radius 3 is 2.59 bits per heavy atom. The number of amides is 1. The molecule has 2 rings (SSSR count). The molecule has 34 heavy (non-hydrogen) atoms. The molecule has 0 spiro atoms. The SMILES string of the molecule is CC[C@H](C)[C@@H](CN(CC(=O)N[C@@H](CCSC)C(=O)O)Cc1ccccc1)[AsH]C(=O)c1c[nH]cn1. The van der Waals surface area contributed by atoms with Crippen molar-refractivity contribution in [2.45, 2.75) is 44.0 Å². The van der Waals surface area contributed by atoms with Crippen molar-refractivity contribution in [2.24, 2.45) is 5.92 Å². The third-order valence-corrected chi connectivity index (χ3v) is 9.78. The third-order valence-electron chi connectivity index (χ3n) is 5.69. The van der Waals surface area contributed by atoms with Crippen LogP contribution in [0.3, 0.4) is 0 Å². The first-order valence-corrected chi connectivity index (χ1v) is 15.1. The Hall–Kier alpha value is -2.09. The van der Waals surface area contributed by atoms with Gasteiger partial charge in [-0.25, -0.2) is 0 Å². The number of aromatic amines is 1. The predicted octanol–water partition coefficient (Wildman–Crippen LogP) is 2.65. The van der Waals surface area contributed by atoms with Crippen LogP contribution in [0.1, 0.15) is 42.7 Å². The summed E-state index contributed by atoms with van der Waals surface area (Å²) in [7, 11) is 0. The summed E-state index contributed by atoms with van der Waals surface area (Å²) in [4.78, 5) is 46.3. The Balaban J connectivity index is 2.15. The van der Waals surface area contributed by atoms with E-state index in [1.165, 1.54) is 6.33 Å². The van der Waals surface area contributed by atoms with Gasteiger partial charge >= 0.3 is 213 Å². The van der Waals surface area contributed by atoms with Crippen molar-refractivity contribution < 1.29 is 19.5 Å². The fraction of sp³-hybridized carbons (Fsp3) is 0.500. The molecule has 0 fully saturated rings. The monoisotopic (exact) mass is 550 g/mol. The average molecular weight is 551 g/mol. The number of thioether (sulfide) groups is 1. The van der Waals surface area contributed by atoms with Crippen LogP contribution in [0.4, 0.5) is 0 Å². The Bertz CT molecular complexity index is 898. The van der Waals surface area contributed by atoms with Crippen LogP contribution < -0.4 is 5.32 Å². The van der Waals surface area contributed by atoms with Crippen LogP contribution in [-0.4, -0.2) is 83.3 Å². The van der Waals surface area contributed by atoms with Crippen LogP contribution in [0, 0.1) is 5.92 Å². The van der Waals surface area contributed by atoms with Crippen LogP contribution in [0.5, 0.6) is 0 Å². The van der Waals surface area contributed by atoms with Gasteiger partial charge in [-0.3, -0.25) is 0 Å². The minimum atomic E-state index is -1.03. The van der Waals surface area contributed by atoms with Gasteiger partial charge in [0.05, 0.1) is 0 Å². The molecule has 0 aliphatic heterocycles. The number of aromatic nitrogens is 2. The number of carbonyl (C=O) groups excluding carboxylic acids is 2. The number of hydrogen-bond acceptors (Lipinski definition) is 6. The number of carboxylic acid groups (broad SMARTS) is 1. The van der Waals surface area contributed by atoms with Crippen molar-refractivity contribution in [2.75, 3.05) is 25.1 Å². The molecule has 4 atom stereocenters. The summed E-state index contributed by atoms with van der Waals surface area (Å²) in [5.74, 6) is -0.365. The normalized spacial score (nSPS) is 14.2. The second-order valence-electron chi connectivity index (χ2n) is 8.31. The zero-order chi connectivity index (χ0) is 24.9. The number of benzene rings is 1. The number of hydrogen-bond donors (Lipinski definition) is 3. The van der Waals surface area contributed by atoms with Crippen molar-refractivity contribution in [1.82, 2.24) is 20.2 Å². The standard InChI is InChI=1S/C24H35AsN4O4S/c1-4-17(2)19(25-23(31)21-12-26-16-27-21)14-29(13-18-8-6-5-7-9-18)15-22(30)28-20(24(32)33)10-11-34-3/h5-9,12,16-17,19-20,25H,4,10-11,13-15H2,1-3H3,(H,26,27)(H,28,30)(H,32,33)/t17-,19+,20-/m0/s1. The van der Waals surface area contributed by atoms with Crippen LogP contribution in [-0.2, 0) is 16.1 Å². The number of carboxylic acids is 1. The van der Waals surface area contributed by atoms with Crippen molar-refractivity contribution in [1.29, 1.82) is 0 Å².